The van der Waals surface area contributed by atoms with Gasteiger partial charge in [0, 0.05) is 77.6 Å². The second-order valence-corrected chi connectivity index (χ2v) is 18.5. The summed E-state index contributed by atoms with van der Waals surface area (Å²) < 4.78 is 36.4. The van der Waals surface area contributed by atoms with Gasteiger partial charge in [-0.15, -0.1) is 0 Å². The van der Waals surface area contributed by atoms with Gasteiger partial charge in [0.1, 0.15) is 6.54 Å². The third-order valence-electron chi connectivity index (χ3n) is 12.0. The first-order valence-electron chi connectivity index (χ1n) is 21.4. The van der Waals surface area contributed by atoms with Crippen molar-refractivity contribution >= 4 is 60.6 Å². The first-order chi connectivity index (χ1) is 29.8. The van der Waals surface area contributed by atoms with Crippen LogP contribution in [0.2, 0.25) is 0 Å². The molecule has 7 rings (SSSR count). The Hall–Kier alpha value is -6.17. The van der Waals surface area contributed by atoms with Gasteiger partial charge in [-0.1, -0.05) is 98.8 Å². The van der Waals surface area contributed by atoms with Crippen molar-refractivity contribution in [3.8, 4) is 0 Å². The van der Waals surface area contributed by atoms with Gasteiger partial charge in [0.15, 0.2) is 5.71 Å². The van der Waals surface area contributed by atoms with E-state index in [1.165, 1.54) is 56.5 Å². The number of pyridine rings is 1. The molecule has 4 aromatic carbocycles. The number of nitrogens with one attached hydrogen (secondary N) is 2. The highest BCUT2D eigenvalue weighted by Gasteiger charge is 2.45. The fraction of sp³-hybridized carbons (Fsp3) is 0.294. The van der Waals surface area contributed by atoms with E-state index < -0.39 is 10.1 Å². The molecule has 2 aliphatic rings. The zero-order valence-electron chi connectivity index (χ0n) is 35.9. The van der Waals surface area contributed by atoms with Gasteiger partial charge in [-0.2, -0.15) is 4.58 Å². The Morgan fingerprint density at radius 2 is 1.39 bits per heavy atom. The highest BCUT2D eigenvalue weighted by atomic mass is 32.2. The number of carbonyl (C=O) groups is 2. The Morgan fingerprint density at radius 1 is 0.726 bits per heavy atom. The fourth-order valence-corrected chi connectivity index (χ4v) is 9.64. The molecule has 0 saturated carbocycles. The van der Waals surface area contributed by atoms with Gasteiger partial charge < -0.3 is 9.45 Å². The second-order valence-electron chi connectivity index (χ2n) is 17.0. The number of aromatic nitrogens is 1. The van der Waals surface area contributed by atoms with E-state index in [1.54, 1.807) is 12.1 Å². The van der Waals surface area contributed by atoms with Crippen LogP contribution in [0.25, 0.3) is 21.5 Å². The number of hydrogen-bond acceptors (Lipinski definition) is 7. The summed E-state index contributed by atoms with van der Waals surface area (Å²) >= 11 is 0. The van der Waals surface area contributed by atoms with Gasteiger partial charge in [0.2, 0.25) is 11.6 Å². The van der Waals surface area contributed by atoms with Crippen LogP contribution in [-0.2, 0) is 25.7 Å². The Kier molecular flexibility index (Phi) is 13.3. The molecular weight excluding hydrogens is 795 g/mol. The third kappa shape index (κ3) is 9.64. The van der Waals surface area contributed by atoms with Crippen molar-refractivity contribution in [2.24, 2.45) is 0 Å². The van der Waals surface area contributed by atoms with Crippen molar-refractivity contribution in [3.05, 3.63) is 162 Å². The van der Waals surface area contributed by atoms with Gasteiger partial charge >= 0.3 is 0 Å². The molecule has 3 heterocycles. The molecule has 0 bridgehead atoms. The van der Waals surface area contributed by atoms with E-state index in [2.05, 4.69) is 144 Å². The molecule has 2 amide bonds. The van der Waals surface area contributed by atoms with Crippen LogP contribution in [0.4, 0.5) is 11.4 Å². The standard InChI is InChI=1S/C51H55N5O5S/c1-50(2)44(55(42-28-26-37-19-12-14-21-40(37)47(42)50)34-16-8-11-25-46(57)53-54-49(58)39-30-32-52-33-31-39)23-9-6-5-7-10-24-45-51(3,4)48-41-22-15-13-20-38(41)27-29-43(48)56(45)35-17-18-36-62(59,60)61/h5-7,9-10,12-15,19-24,26-33H,8,11,16-18,25,34-36H2,1-4H3,(H2-,52,53,54,57,58,59,60,61). The summed E-state index contributed by atoms with van der Waals surface area (Å²) in [6, 6.07) is 28.8. The monoisotopic (exact) mass is 849 g/mol. The van der Waals surface area contributed by atoms with E-state index in [-0.39, 0.29) is 28.4 Å². The lowest BCUT2D eigenvalue weighted by atomic mass is 9.79. The number of benzene rings is 4. The average molecular weight is 850 g/mol. The summed E-state index contributed by atoms with van der Waals surface area (Å²) in [5, 5.41) is 4.83. The fourth-order valence-electron chi connectivity index (χ4n) is 9.08. The number of allylic oxidation sites excluding steroid dienone is 8. The molecule has 2 aliphatic heterocycles. The number of nitrogens with zero attached hydrogens (tertiary/aromatic N) is 3. The molecule has 0 spiro atoms. The molecule has 0 atom stereocenters. The molecule has 0 saturated heterocycles. The quantitative estimate of drug-likeness (QED) is 0.0332. The van der Waals surface area contributed by atoms with Crippen LogP contribution in [-0.4, -0.2) is 58.9 Å². The van der Waals surface area contributed by atoms with Gasteiger partial charge in [0.25, 0.3) is 5.91 Å². The maximum absolute atomic E-state index is 12.5. The third-order valence-corrected chi connectivity index (χ3v) is 12.8. The molecule has 0 unspecified atom stereocenters. The lowest BCUT2D eigenvalue weighted by Crippen LogP contribution is -2.41. The normalized spacial score (nSPS) is 16.3. The van der Waals surface area contributed by atoms with Crippen LogP contribution in [0.3, 0.4) is 0 Å². The largest absolute Gasteiger partial charge is 0.748 e. The number of rotatable bonds is 16. The molecular formula is C51H55N5O5S. The molecule has 62 heavy (non-hydrogen) atoms. The topological polar surface area (TPSA) is 135 Å². The lowest BCUT2D eigenvalue weighted by molar-refractivity contribution is -0.438. The molecule has 320 valence electrons. The lowest BCUT2D eigenvalue weighted by Gasteiger charge is -2.27. The SMILES string of the molecule is CC1(C)C(/C=C/C=C/C=C/C=C2\N(CCCCS(=O)(=O)[O-])c3ccc4ccccc4c3C2(C)C)=[N+](CCCCCC(=O)NNC(=O)c2ccncc2)c2ccc3ccccc3c21. The molecule has 11 heteroatoms. The first-order valence-corrected chi connectivity index (χ1v) is 23.0. The second kappa shape index (κ2) is 18.8. The smallest absolute Gasteiger partial charge is 0.269 e. The number of hydrazine groups is 1. The predicted octanol–water partition coefficient (Wildman–Crippen LogP) is 9.46. The number of carbonyl (C=O) groups excluding carboxylic acids is 2. The first kappa shape index (κ1) is 43.9. The minimum Gasteiger partial charge on any atom is -0.748 e. The zero-order chi connectivity index (χ0) is 43.9. The Morgan fingerprint density at radius 3 is 2.11 bits per heavy atom. The van der Waals surface area contributed by atoms with Crippen LogP contribution in [0.1, 0.15) is 87.7 Å². The van der Waals surface area contributed by atoms with Gasteiger partial charge in [-0.25, -0.2) is 8.42 Å². The van der Waals surface area contributed by atoms with Crippen LogP contribution >= 0.6 is 0 Å². The molecule has 0 fully saturated rings. The van der Waals surface area contributed by atoms with E-state index in [0.717, 1.165) is 30.8 Å². The Bertz CT molecular complexity index is 2750. The summed E-state index contributed by atoms with van der Waals surface area (Å²) in [6.45, 7) is 10.4. The molecule has 0 radical (unpaired) electrons. The highest BCUT2D eigenvalue weighted by Crippen LogP contribution is 2.51. The molecule has 10 nitrogen and oxygen atoms in total. The number of amides is 2. The van der Waals surface area contributed by atoms with Crippen LogP contribution in [0.15, 0.2) is 146 Å². The van der Waals surface area contributed by atoms with E-state index in [9.17, 15) is 22.6 Å². The van der Waals surface area contributed by atoms with Crippen molar-refractivity contribution in [1.82, 2.24) is 15.8 Å². The maximum Gasteiger partial charge on any atom is 0.269 e. The van der Waals surface area contributed by atoms with Crippen molar-refractivity contribution in [1.29, 1.82) is 0 Å². The molecule has 1 aromatic heterocycles. The molecule has 5 aromatic rings. The van der Waals surface area contributed by atoms with E-state index >= 15 is 0 Å². The minimum atomic E-state index is -4.26. The summed E-state index contributed by atoms with van der Waals surface area (Å²) in [5.74, 6) is -0.971. The number of hydrogen-bond donors (Lipinski definition) is 2. The van der Waals surface area contributed by atoms with Crippen molar-refractivity contribution in [3.63, 3.8) is 0 Å². The summed E-state index contributed by atoms with van der Waals surface area (Å²) in [6.07, 6.45) is 21.3. The number of anilines is 1. The van der Waals surface area contributed by atoms with Crippen molar-refractivity contribution in [2.75, 3.05) is 23.7 Å². The zero-order valence-corrected chi connectivity index (χ0v) is 36.8. The predicted molar refractivity (Wildman–Crippen MR) is 249 cm³/mol. The number of fused-ring (bicyclic) bond motifs is 6. The Balaban J connectivity index is 1.05. The minimum absolute atomic E-state index is 0.228. The summed E-state index contributed by atoms with van der Waals surface area (Å²) in [4.78, 5) is 31.0. The van der Waals surface area contributed by atoms with Crippen LogP contribution < -0.4 is 15.8 Å². The average Bonchev–Trinajstić information content (AvgIpc) is 3.61. The van der Waals surface area contributed by atoms with Gasteiger partial charge in [0.05, 0.1) is 15.5 Å². The molecule has 2 N–H and O–H groups in total. The summed E-state index contributed by atoms with van der Waals surface area (Å²) in [5.41, 5.74) is 12.0. The van der Waals surface area contributed by atoms with Crippen molar-refractivity contribution in [2.45, 2.75) is 77.0 Å². The van der Waals surface area contributed by atoms with E-state index in [1.807, 2.05) is 24.3 Å². The van der Waals surface area contributed by atoms with Gasteiger partial charge in [-0.05, 0) is 97.0 Å². The van der Waals surface area contributed by atoms with Gasteiger partial charge in [-0.3, -0.25) is 25.4 Å². The maximum atomic E-state index is 12.5. The Labute approximate surface area is 365 Å². The van der Waals surface area contributed by atoms with Crippen LogP contribution in [0, 0.1) is 0 Å². The van der Waals surface area contributed by atoms with E-state index in [4.69, 9.17) is 0 Å². The van der Waals surface area contributed by atoms with Crippen molar-refractivity contribution < 1.29 is 27.1 Å². The number of unbranched alkanes of at least 4 members (excludes halogenated alkanes) is 3. The summed E-state index contributed by atoms with van der Waals surface area (Å²) in [7, 11) is -4.26. The van der Waals surface area contributed by atoms with E-state index in [0.29, 0.717) is 37.8 Å². The van der Waals surface area contributed by atoms with Crippen LogP contribution in [0.5, 0.6) is 0 Å². The molecule has 0 aliphatic carbocycles. The highest BCUT2D eigenvalue weighted by molar-refractivity contribution is 7.85.